The summed E-state index contributed by atoms with van der Waals surface area (Å²) in [5.41, 5.74) is 0.159. The number of ether oxygens (including phenoxy) is 1. The van der Waals surface area contributed by atoms with Crippen molar-refractivity contribution in [2.45, 2.75) is 33.6 Å². The van der Waals surface area contributed by atoms with Gasteiger partial charge in [0.2, 0.25) is 5.75 Å². The first-order chi connectivity index (χ1) is 14.7. The minimum Gasteiger partial charge on any atom is -0.467 e. The highest BCUT2D eigenvalue weighted by molar-refractivity contribution is 7.48. The van der Waals surface area contributed by atoms with Gasteiger partial charge in [-0.15, -0.1) is 5.10 Å². The van der Waals surface area contributed by atoms with Gasteiger partial charge in [-0.3, -0.25) is 23.6 Å². The quantitative estimate of drug-likeness (QED) is 0.185. The molecule has 172 valence electrons. The van der Waals surface area contributed by atoms with Crippen LogP contribution in [0.1, 0.15) is 39.2 Å². The molecular weight excluding hydrogens is 474 g/mol. The third-order valence-electron chi connectivity index (χ3n) is 3.62. The summed E-state index contributed by atoms with van der Waals surface area (Å²) in [6, 6.07) is 4.23. The Morgan fingerprint density at radius 2 is 1.65 bits per heavy atom. The molecular formula is C18H23Cl2N2O8P. The van der Waals surface area contributed by atoms with Gasteiger partial charge in [-0.25, -0.2) is 14.2 Å². The predicted molar refractivity (Wildman–Crippen MR) is 114 cm³/mol. The lowest BCUT2D eigenvalue weighted by Crippen LogP contribution is -2.16. The maximum atomic E-state index is 12.2. The largest absolute Gasteiger partial charge is 0.477 e. The van der Waals surface area contributed by atoms with Crippen molar-refractivity contribution in [1.82, 2.24) is 10.2 Å². The molecule has 0 fully saturated rings. The standard InChI is InChI=1S/C18H23Cl2N2O8P/c1-5-26-31(24,27-6-2)28-10-25-12-7-14(19)17(15(20)8-12)30-29-16-9-13(11(3)4)18(23)22-21-16/h7-9,11H,5-6,10H2,1-4H3,(H,22,23). The molecule has 13 heteroatoms. The first-order valence-corrected chi connectivity index (χ1v) is 11.5. The van der Waals surface area contributed by atoms with E-state index in [1.54, 1.807) is 13.8 Å². The Balaban J connectivity index is 2.03. The average Bonchev–Trinajstić information content (AvgIpc) is 2.68. The van der Waals surface area contributed by atoms with Crippen molar-refractivity contribution in [3.8, 4) is 17.4 Å². The molecule has 2 aromatic rings. The highest BCUT2D eigenvalue weighted by atomic mass is 35.5. The summed E-state index contributed by atoms with van der Waals surface area (Å²) in [7, 11) is -3.72. The molecule has 0 aliphatic rings. The number of halogens is 2. The smallest absolute Gasteiger partial charge is 0.467 e. The highest BCUT2D eigenvalue weighted by Crippen LogP contribution is 2.49. The Morgan fingerprint density at radius 1 is 1.03 bits per heavy atom. The molecule has 0 spiro atoms. The van der Waals surface area contributed by atoms with E-state index in [-0.39, 0.29) is 52.1 Å². The van der Waals surface area contributed by atoms with Gasteiger partial charge in [0.25, 0.3) is 11.4 Å². The fraction of sp³-hybridized carbons (Fsp3) is 0.444. The molecule has 0 saturated heterocycles. The Kier molecular flexibility index (Phi) is 9.61. The van der Waals surface area contributed by atoms with Crippen molar-refractivity contribution in [3.63, 3.8) is 0 Å². The van der Waals surface area contributed by atoms with E-state index in [0.29, 0.717) is 5.56 Å². The number of phosphoric ester groups is 1. The molecule has 1 heterocycles. The molecule has 2 rings (SSSR count). The van der Waals surface area contributed by atoms with E-state index in [0.717, 1.165) is 0 Å². The van der Waals surface area contributed by atoms with Crippen molar-refractivity contribution in [2.75, 3.05) is 20.0 Å². The molecule has 0 saturated carbocycles. The van der Waals surface area contributed by atoms with Crippen LogP contribution in [-0.4, -0.2) is 30.2 Å². The molecule has 0 radical (unpaired) electrons. The number of aromatic nitrogens is 2. The minimum absolute atomic E-state index is 0.00463. The lowest BCUT2D eigenvalue weighted by molar-refractivity contribution is -0.105. The lowest BCUT2D eigenvalue weighted by atomic mass is 10.1. The van der Waals surface area contributed by atoms with Gasteiger partial charge in [0, 0.05) is 23.8 Å². The van der Waals surface area contributed by atoms with E-state index in [4.69, 9.17) is 51.3 Å². The van der Waals surface area contributed by atoms with E-state index in [1.807, 2.05) is 13.8 Å². The van der Waals surface area contributed by atoms with Crippen LogP contribution in [0.25, 0.3) is 0 Å². The predicted octanol–water partition coefficient (Wildman–Crippen LogP) is 5.11. The molecule has 1 aromatic carbocycles. The summed E-state index contributed by atoms with van der Waals surface area (Å²) in [6.07, 6.45) is 0. The third-order valence-corrected chi connectivity index (χ3v) is 5.76. The summed E-state index contributed by atoms with van der Waals surface area (Å²) >= 11 is 12.4. The topological polar surface area (TPSA) is 118 Å². The van der Waals surface area contributed by atoms with Crippen molar-refractivity contribution in [3.05, 3.63) is 44.2 Å². The Bertz CT molecular complexity index is 952. The fourth-order valence-electron chi connectivity index (χ4n) is 2.24. The zero-order valence-electron chi connectivity index (χ0n) is 17.3. The summed E-state index contributed by atoms with van der Waals surface area (Å²) in [4.78, 5) is 22.1. The van der Waals surface area contributed by atoms with Gasteiger partial charge in [0.05, 0.1) is 23.3 Å². The van der Waals surface area contributed by atoms with Crippen molar-refractivity contribution >= 4 is 31.0 Å². The molecule has 10 nitrogen and oxygen atoms in total. The van der Waals surface area contributed by atoms with Crippen molar-refractivity contribution < 1.29 is 32.6 Å². The molecule has 0 aliphatic heterocycles. The van der Waals surface area contributed by atoms with Gasteiger partial charge in [0.15, 0.2) is 6.79 Å². The van der Waals surface area contributed by atoms with E-state index in [9.17, 15) is 9.36 Å². The lowest BCUT2D eigenvalue weighted by Gasteiger charge is -2.17. The summed E-state index contributed by atoms with van der Waals surface area (Å²) in [5, 5.41) is 6.20. The van der Waals surface area contributed by atoms with Crippen LogP contribution in [0.2, 0.25) is 10.0 Å². The number of hydrogen-bond acceptors (Lipinski definition) is 9. The maximum Gasteiger partial charge on any atom is 0.477 e. The van der Waals surface area contributed by atoms with Gasteiger partial charge < -0.3 is 4.74 Å². The number of H-pyrrole nitrogens is 1. The number of phosphoric acid groups is 1. The minimum atomic E-state index is -3.72. The highest BCUT2D eigenvalue weighted by Gasteiger charge is 2.25. The summed E-state index contributed by atoms with van der Waals surface area (Å²) < 4.78 is 32.7. The SMILES string of the molecule is CCOP(=O)(OCC)OCOc1cc(Cl)c(OOc2cc(C(C)C)c(=O)[nH]n2)c(Cl)c1. The zero-order chi connectivity index (χ0) is 23.0. The van der Waals surface area contributed by atoms with Crippen LogP contribution in [0.5, 0.6) is 17.4 Å². The molecule has 0 aliphatic carbocycles. The third kappa shape index (κ3) is 7.38. The van der Waals surface area contributed by atoms with Gasteiger partial charge in [0.1, 0.15) is 5.75 Å². The molecule has 0 bridgehead atoms. The van der Waals surface area contributed by atoms with Gasteiger partial charge in [-0.2, -0.15) is 0 Å². The Hall–Kier alpha value is -1.81. The van der Waals surface area contributed by atoms with E-state index in [1.165, 1.54) is 18.2 Å². The Labute approximate surface area is 189 Å². The van der Waals surface area contributed by atoms with Crippen LogP contribution in [0.15, 0.2) is 23.0 Å². The van der Waals surface area contributed by atoms with E-state index < -0.39 is 14.6 Å². The Morgan fingerprint density at radius 3 is 2.19 bits per heavy atom. The van der Waals surface area contributed by atoms with E-state index >= 15 is 0 Å². The molecule has 31 heavy (non-hydrogen) atoms. The van der Waals surface area contributed by atoms with Gasteiger partial charge >= 0.3 is 7.82 Å². The van der Waals surface area contributed by atoms with E-state index in [2.05, 4.69) is 10.2 Å². The monoisotopic (exact) mass is 496 g/mol. The normalized spacial score (nSPS) is 11.6. The van der Waals surface area contributed by atoms with Crippen LogP contribution in [0.3, 0.4) is 0 Å². The summed E-state index contributed by atoms with van der Waals surface area (Å²) in [6.45, 7) is 6.87. The zero-order valence-corrected chi connectivity index (χ0v) is 19.8. The second-order valence-corrected chi connectivity index (χ2v) is 8.69. The average molecular weight is 497 g/mol. The van der Waals surface area contributed by atoms with Crippen molar-refractivity contribution in [1.29, 1.82) is 0 Å². The van der Waals surface area contributed by atoms with Gasteiger partial charge in [-0.05, 0) is 19.8 Å². The van der Waals surface area contributed by atoms with Crippen LogP contribution in [0, 0.1) is 0 Å². The van der Waals surface area contributed by atoms with Crippen LogP contribution in [-0.2, 0) is 18.1 Å². The molecule has 1 aromatic heterocycles. The second kappa shape index (κ2) is 11.7. The number of hydrogen-bond donors (Lipinski definition) is 1. The maximum absolute atomic E-state index is 12.2. The first kappa shape index (κ1) is 25.5. The number of benzene rings is 1. The van der Waals surface area contributed by atoms with Crippen LogP contribution in [0.4, 0.5) is 0 Å². The second-order valence-electron chi connectivity index (χ2n) is 6.20. The number of nitrogens with one attached hydrogen (secondary N) is 1. The first-order valence-electron chi connectivity index (χ1n) is 9.28. The van der Waals surface area contributed by atoms with Crippen LogP contribution >= 0.6 is 31.0 Å². The van der Waals surface area contributed by atoms with Gasteiger partial charge in [-0.1, -0.05) is 37.0 Å². The number of rotatable bonds is 12. The molecule has 0 unspecified atom stereocenters. The number of aromatic amines is 1. The number of nitrogens with zero attached hydrogens (tertiary/aromatic N) is 1. The fourth-order valence-corrected chi connectivity index (χ4v) is 3.81. The summed E-state index contributed by atoms with van der Waals surface area (Å²) in [5.74, 6) is 0.198. The van der Waals surface area contributed by atoms with Crippen molar-refractivity contribution in [2.24, 2.45) is 0 Å². The van der Waals surface area contributed by atoms with Crippen LogP contribution < -0.4 is 20.1 Å². The molecule has 0 amide bonds. The molecule has 1 N–H and O–H groups in total. The molecule has 0 atom stereocenters.